The SMILES string of the molecule is NC(=O)[C@H](CCC(=O)O)N1Cc2c3c(cc(F)c2C1=O)C1(CCNCC1)CO3. The number of aliphatic carboxylic acids is 1. The number of benzene rings is 1. The Morgan fingerprint density at radius 1 is 1.39 bits per heavy atom. The summed E-state index contributed by atoms with van der Waals surface area (Å²) in [6, 6.07) is 0.282. The summed E-state index contributed by atoms with van der Waals surface area (Å²) < 4.78 is 20.9. The van der Waals surface area contributed by atoms with Gasteiger partial charge in [-0.05, 0) is 38.4 Å². The fourth-order valence-electron chi connectivity index (χ4n) is 4.58. The maximum Gasteiger partial charge on any atom is 0.303 e. The van der Waals surface area contributed by atoms with Crippen LogP contribution in [-0.2, 0) is 21.5 Å². The molecule has 1 fully saturated rings. The second-order valence-electron chi connectivity index (χ2n) is 7.69. The van der Waals surface area contributed by atoms with E-state index in [0.717, 1.165) is 36.4 Å². The first-order valence-electron chi connectivity index (χ1n) is 9.35. The molecule has 0 aromatic heterocycles. The molecule has 2 amide bonds. The second-order valence-corrected chi connectivity index (χ2v) is 7.69. The van der Waals surface area contributed by atoms with Gasteiger partial charge in [-0.2, -0.15) is 0 Å². The zero-order valence-corrected chi connectivity index (χ0v) is 15.3. The zero-order valence-electron chi connectivity index (χ0n) is 15.3. The number of fused-ring (bicyclic) bond motifs is 4. The van der Waals surface area contributed by atoms with Gasteiger partial charge in [0.2, 0.25) is 5.91 Å². The minimum Gasteiger partial charge on any atom is -0.492 e. The van der Waals surface area contributed by atoms with Gasteiger partial charge in [-0.25, -0.2) is 4.39 Å². The number of amides is 2. The second kappa shape index (κ2) is 6.73. The highest BCUT2D eigenvalue weighted by Crippen LogP contribution is 2.49. The molecular weight excluding hydrogens is 369 g/mol. The smallest absolute Gasteiger partial charge is 0.303 e. The molecule has 1 atom stereocenters. The molecule has 1 aromatic carbocycles. The highest BCUT2D eigenvalue weighted by molar-refractivity contribution is 6.02. The number of nitrogens with zero attached hydrogens (tertiary/aromatic N) is 1. The van der Waals surface area contributed by atoms with E-state index in [1.165, 1.54) is 6.07 Å². The van der Waals surface area contributed by atoms with Crippen molar-refractivity contribution < 1.29 is 28.6 Å². The maximum absolute atomic E-state index is 15.0. The van der Waals surface area contributed by atoms with E-state index in [-0.39, 0.29) is 30.4 Å². The van der Waals surface area contributed by atoms with Crippen molar-refractivity contribution in [1.29, 1.82) is 0 Å². The molecule has 0 radical (unpaired) electrons. The highest BCUT2D eigenvalue weighted by atomic mass is 19.1. The molecule has 3 heterocycles. The van der Waals surface area contributed by atoms with E-state index in [0.29, 0.717) is 17.9 Å². The number of piperidine rings is 1. The molecule has 4 N–H and O–H groups in total. The topological polar surface area (TPSA) is 122 Å². The van der Waals surface area contributed by atoms with Crippen molar-refractivity contribution in [2.45, 2.75) is 43.7 Å². The Morgan fingerprint density at radius 3 is 2.75 bits per heavy atom. The van der Waals surface area contributed by atoms with Gasteiger partial charge in [0.1, 0.15) is 17.6 Å². The van der Waals surface area contributed by atoms with Crippen LogP contribution in [0.3, 0.4) is 0 Å². The number of nitrogens with one attached hydrogen (secondary N) is 1. The number of carbonyl (C=O) groups excluding carboxylic acids is 2. The molecule has 1 saturated heterocycles. The summed E-state index contributed by atoms with van der Waals surface area (Å²) in [4.78, 5) is 36.7. The monoisotopic (exact) mass is 391 g/mol. The van der Waals surface area contributed by atoms with Gasteiger partial charge in [-0.1, -0.05) is 0 Å². The summed E-state index contributed by atoms with van der Waals surface area (Å²) >= 11 is 0. The molecular formula is C19H22FN3O5. The van der Waals surface area contributed by atoms with E-state index >= 15 is 0 Å². The average molecular weight is 391 g/mol. The lowest BCUT2D eigenvalue weighted by Gasteiger charge is -2.32. The van der Waals surface area contributed by atoms with E-state index < -0.39 is 29.6 Å². The Labute approximate surface area is 160 Å². The lowest BCUT2D eigenvalue weighted by atomic mass is 9.74. The van der Waals surface area contributed by atoms with Crippen molar-refractivity contribution in [2.75, 3.05) is 19.7 Å². The van der Waals surface area contributed by atoms with Gasteiger partial charge >= 0.3 is 5.97 Å². The van der Waals surface area contributed by atoms with Crippen LogP contribution < -0.4 is 15.8 Å². The van der Waals surface area contributed by atoms with Crippen LogP contribution in [0.25, 0.3) is 0 Å². The number of carbonyl (C=O) groups is 3. The molecule has 4 rings (SSSR count). The molecule has 0 unspecified atom stereocenters. The summed E-state index contributed by atoms with van der Waals surface area (Å²) in [5.74, 6) is -2.67. The van der Waals surface area contributed by atoms with Crippen LogP contribution in [-0.4, -0.2) is 53.5 Å². The van der Waals surface area contributed by atoms with Crippen molar-refractivity contribution in [1.82, 2.24) is 10.2 Å². The number of hydrogen-bond acceptors (Lipinski definition) is 5. The summed E-state index contributed by atoms with van der Waals surface area (Å²) in [5.41, 5.74) is 6.24. The van der Waals surface area contributed by atoms with Crippen LogP contribution in [0, 0.1) is 5.82 Å². The molecule has 8 nitrogen and oxygen atoms in total. The summed E-state index contributed by atoms with van der Waals surface area (Å²) in [6.45, 7) is 2.04. The fourth-order valence-corrected chi connectivity index (χ4v) is 4.58. The first-order chi connectivity index (χ1) is 13.3. The maximum atomic E-state index is 15.0. The number of nitrogens with two attached hydrogens (primary N) is 1. The quantitative estimate of drug-likeness (QED) is 0.673. The lowest BCUT2D eigenvalue weighted by Crippen LogP contribution is -2.45. The van der Waals surface area contributed by atoms with E-state index in [2.05, 4.69) is 5.32 Å². The van der Waals surface area contributed by atoms with Gasteiger partial charge in [-0.15, -0.1) is 0 Å². The molecule has 3 aliphatic heterocycles. The largest absolute Gasteiger partial charge is 0.492 e. The minimum absolute atomic E-state index is 0.0180. The van der Waals surface area contributed by atoms with E-state index in [4.69, 9.17) is 15.6 Å². The van der Waals surface area contributed by atoms with Gasteiger partial charge < -0.3 is 25.8 Å². The van der Waals surface area contributed by atoms with Crippen LogP contribution >= 0.6 is 0 Å². The third-order valence-corrected chi connectivity index (χ3v) is 6.09. The Hall–Kier alpha value is -2.68. The Bertz CT molecular complexity index is 866. The molecule has 3 aliphatic rings. The lowest BCUT2D eigenvalue weighted by molar-refractivity contribution is -0.137. The van der Waals surface area contributed by atoms with Crippen molar-refractivity contribution in [2.24, 2.45) is 5.73 Å². The predicted octanol–water partition coefficient (Wildman–Crippen LogP) is 0.514. The molecule has 0 saturated carbocycles. The number of halogens is 1. The molecule has 150 valence electrons. The number of carboxylic acids is 1. The average Bonchev–Trinajstić information content (AvgIpc) is 3.15. The Kier molecular flexibility index (Phi) is 4.49. The van der Waals surface area contributed by atoms with Gasteiger partial charge in [0, 0.05) is 23.0 Å². The molecule has 1 aromatic rings. The van der Waals surface area contributed by atoms with Crippen molar-refractivity contribution in [3.63, 3.8) is 0 Å². The Morgan fingerprint density at radius 2 is 2.11 bits per heavy atom. The van der Waals surface area contributed by atoms with Gasteiger partial charge in [0.25, 0.3) is 5.91 Å². The number of carboxylic acid groups (broad SMARTS) is 1. The summed E-state index contributed by atoms with van der Waals surface area (Å²) in [7, 11) is 0. The predicted molar refractivity (Wildman–Crippen MR) is 95.4 cm³/mol. The van der Waals surface area contributed by atoms with E-state index in [9.17, 15) is 18.8 Å². The van der Waals surface area contributed by atoms with Crippen molar-refractivity contribution in [3.05, 3.63) is 28.6 Å². The highest BCUT2D eigenvalue weighted by Gasteiger charge is 2.47. The zero-order chi connectivity index (χ0) is 20.1. The molecule has 1 spiro atoms. The third-order valence-electron chi connectivity index (χ3n) is 6.09. The summed E-state index contributed by atoms with van der Waals surface area (Å²) in [6.07, 6.45) is 1.20. The number of rotatable bonds is 5. The molecule has 0 bridgehead atoms. The molecule has 0 aliphatic carbocycles. The standard InChI is InChI=1S/C19H22FN3O5/c20-12-7-11-16(28-9-19(11)3-5-22-6-4-19)10-8-23(18(27)15(10)12)13(17(21)26)1-2-14(24)25/h7,13,22H,1-6,8-9H2,(H2,21,26)(H,24,25)/t13-/m0/s1. The Balaban J connectivity index is 1.70. The number of ether oxygens (including phenoxy) is 1. The number of primary amides is 1. The van der Waals surface area contributed by atoms with E-state index in [1.807, 2.05) is 0 Å². The van der Waals surface area contributed by atoms with Gasteiger partial charge in [0.15, 0.2) is 0 Å². The van der Waals surface area contributed by atoms with Crippen molar-refractivity contribution >= 4 is 17.8 Å². The third kappa shape index (κ3) is 2.81. The fraction of sp³-hybridized carbons (Fsp3) is 0.526. The van der Waals surface area contributed by atoms with Crippen LogP contribution in [0.4, 0.5) is 4.39 Å². The van der Waals surface area contributed by atoms with Crippen LogP contribution in [0.1, 0.15) is 47.2 Å². The van der Waals surface area contributed by atoms with E-state index in [1.54, 1.807) is 0 Å². The van der Waals surface area contributed by atoms with Crippen molar-refractivity contribution in [3.8, 4) is 5.75 Å². The first kappa shape index (κ1) is 18.7. The number of hydrogen-bond donors (Lipinski definition) is 3. The normalized spacial score (nSPS) is 20.6. The minimum atomic E-state index is -1.11. The van der Waals surface area contributed by atoms with Crippen LogP contribution in [0.2, 0.25) is 0 Å². The van der Waals surface area contributed by atoms with Crippen LogP contribution in [0.15, 0.2) is 6.07 Å². The molecule has 28 heavy (non-hydrogen) atoms. The summed E-state index contributed by atoms with van der Waals surface area (Å²) in [5, 5.41) is 12.2. The molecule has 9 heteroatoms. The van der Waals surface area contributed by atoms with Gasteiger partial charge in [-0.3, -0.25) is 14.4 Å². The first-order valence-corrected chi connectivity index (χ1v) is 9.35. The van der Waals surface area contributed by atoms with Gasteiger partial charge in [0.05, 0.1) is 18.7 Å². The van der Waals surface area contributed by atoms with Crippen LogP contribution in [0.5, 0.6) is 5.75 Å².